The van der Waals surface area contributed by atoms with Crippen LogP contribution in [0.4, 0.5) is 5.69 Å². The van der Waals surface area contributed by atoms with E-state index in [-0.39, 0.29) is 29.2 Å². The molecule has 4 heterocycles. The van der Waals surface area contributed by atoms with E-state index in [4.69, 9.17) is 9.47 Å². The van der Waals surface area contributed by atoms with Gasteiger partial charge in [-0.3, -0.25) is 19.2 Å². The third kappa shape index (κ3) is 4.59. The van der Waals surface area contributed by atoms with Crippen LogP contribution in [-0.2, 0) is 19.1 Å². The SMILES string of the molecule is O=C(COc1cccc(C2c3sc(=O)[nH]c3SC3C(=O)N(c4ccc(Br)cc4)C(=O)C32)c1)N1CCOCC1. The number of H-pyrrole nitrogens is 1. The van der Waals surface area contributed by atoms with E-state index in [1.54, 1.807) is 47.4 Å². The van der Waals surface area contributed by atoms with Gasteiger partial charge in [0.2, 0.25) is 11.8 Å². The van der Waals surface area contributed by atoms with Crippen molar-refractivity contribution >= 4 is 62.4 Å². The average Bonchev–Trinajstić information content (AvgIpc) is 3.42. The van der Waals surface area contributed by atoms with Gasteiger partial charge in [0.05, 0.1) is 29.8 Å². The number of aromatic nitrogens is 1. The van der Waals surface area contributed by atoms with Crippen LogP contribution in [0.5, 0.6) is 5.75 Å². The van der Waals surface area contributed by atoms with E-state index in [0.717, 1.165) is 26.3 Å². The molecule has 2 saturated heterocycles. The lowest BCUT2D eigenvalue weighted by Crippen LogP contribution is -2.42. The molecule has 196 valence electrons. The molecule has 38 heavy (non-hydrogen) atoms. The second-order valence-electron chi connectivity index (χ2n) is 9.09. The van der Waals surface area contributed by atoms with E-state index < -0.39 is 17.1 Å². The van der Waals surface area contributed by atoms with Gasteiger partial charge in [-0.1, -0.05) is 51.2 Å². The lowest BCUT2D eigenvalue weighted by molar-refractivity contribution is -0.137. The minimum absolute atomic E-state index is 0.118. The summed E-state index contributed by atoms with van der Waals surface area (Å²) in [6.45, 7) is 1.97. The molecule has 12 heteroatoms. The van der Waals surface area contributed by atoms with Gasteiger partial charge in [0.25, 0.3) is 5.91 Å². The minimum Gasteiger partial charge on any atom is -0.484 e. The number of halogens is 1. The maximum atomic E-state index is 13.8. The number of anilines is 1. The number of rotatable bonds is 5. The summed E-state index contributed by atoms with van der Waals surface area (Å²) in [5, 5.41) is -0.0692. The van der Waals surface area contributed by atoms with Crippen LogP contribution < -0.4 is 14.5 Å². The van der Waals surface area contributed by atoms with Gasteiger partial charge >= 0.3 is 4.87 Å². The molecule has 0 spiro atoms. The number of carbonyl (C=O) groups excluding carboxylic acids is 3. The van der Waals surface area contributed by atoms with Gasteiger partial charge in [-0.25, -0.2) is 4.90 Å². The number of thioether (sulfide) groups is 1. The Kier molecular flexibility index (Phi) is 6.89. The third-order valence-electron chi connectivity index (χ3n) is 6.85. The number of nitrogens with one attached hydrogen (secondary N) is 1. The highest BCUT2D eigenvalue weighted by Gasteiger charge is 2.56. The molecule has 3 unspecified atom stereocenters. The van der Waals surface area contributed by atoms with Crippen molar-refractivity contribution < 1.29 is 23.9 Å². The summed E-state index contributed by atoms with van der Waals surface area (Å²) in [6, 6.07) is 14.2. The molecule has 3 amide bonds. The minimum atomic E-state index is -0.694. The van der Waals surface area contributed by atoms with Crippen molar-refractivity contribution in [3.63, 3.8) is 0 Å². The van der Waals surface area contributed by atoms with Gasteiger partial charge in [-0.05, 0) is 42.0 Å². The highest BCUT2D eigenvalue weighted by atomic mass is 79.9. The Morgan fingerprint density at radius 2 is 1.84 bits per heavy atom. The van der Waals surface area contributed by atoms with Crippen molar-refractivity contribution in [1.29, 1.82) is 0 Å². The Hall–Kier alpha value is -2.93. The van der Waals surface area contributed by atoms with Crippen LogP contribution in [0.3, 0.4) is 0 Å². The normalized spacial score (nSPS) is 22.8. The van der Waals surface area contributed by atoms with E-state index in [1.165, 1.54) is 16.7 Å². The summed E-state index contributed by atoms with van der Waals surface area (Å²) in [6.07, 6.45) is 0. The average molecular weight is 617 g/mol. The van der Waals surface area contributed by atoms with E-state index in [2.05, 4.69) is 20.9 Å². The number of fused-ring (bicyclic) bond motifs is 2. The molecular weight excluding hydrogens is 594 g/mol. The number of amides is 3. The number of thiazole rings is 1. The predicted molar refractivity (Wildman–Crippen MR) is 146 cm³/mol. The Morgan fingerprint density at radius 3 is 2.61 bits per heavy atom. The molecule has 3 aliphatic rings. The molecule has 1 N–H and O–H groups in total. The molecule has 3 aromatic rings. The van der Waals surface area contributed by atoms with Crippen molar-refractivity contribution in [3.8, 4) is 5.75 Å². The first-order valence-electron chi connectivity index (χ1n) is 12.0. The van der Waals surface area contributed by atoms with Crippen LogP contribution in [0.2, 0.25) is 0 Å². The molecule has 0 aliphatic carbocycles. The molecule has 9 nitrogen and oxygen atoms in total. The fourth-order valence-electron chi connectivity index (χ4n) is 5.07. The number of hydrogen-bond acceptors (Lipinski definition) is 8. The molecule has 0 saturated carbocycles. The van der Waals surface area contributed by atoms with Crippen LogP contribution >= 0.6 is 39.0 Å². The number of aromatic amines is 1. The predicted octanol–water partition coefficient (Wildman–Crippen LogP) is 3.23. The van der Waals surface area contributed by atoms with Crippen molar-refractivity contribution in [2.24, 2.45) is 5.92 Å². The zero-order valence-electron chi connectivity index (χ0n) is 19.9. The summed E-state index contributed by atoms with van der Waals surface area (Å²) in [5.74, 6) is -1.47. The number of nitrogens with zero attached hydrogens (tertiary/aromatic N) is 2. The van der Waals surface area contributed by atoms with Crippen LogP contribution in [0.15, 0.2) is 62.8 Å². The number of imide groups is 1. The zero-order chi connectivity index (χ0) is 26.4. The van der Waals surface area contributed by atoms with Crippen LogP contribution in [0, 0.1) is 5.92 Å². The van der Waals surface area contributed by atoms with Gasteiger partial charge in [-0.15, -0.1) is 0 Å². The molecule has 0 bridgehead atoms. The smallest absolute Gasteiger partial charge is 0.305 e. The first kappa shape index (κ1) is 25.4. The van der Waals surface area contributed by atoms with E-state index >= 15 is 0 Å². The lowest BCUT2D eigenvalue weighted by atomic mass is 9.83. The van der Waals surface area contributed by atoms with Gasteiger partial charge < -0.3 is 19.4 Å². The van der Waals surface area contributed by atoms with Gasteiger partial charge in [0.1, 0.15) is 11.0 Å². The molecule has 0 radical (unpaired) electrons. The number of benzene rings is 2. The fourth-order valence-corrected chi connectivity index (χ4v) is 7.85. The zero-order valence-corrected chi connectivity index (χ0v) is 23.1. The third-order valence-corrected chi connectivity index (χ3v) is 9.78. The molecule has 2 fully saturated rings. The quantitative estimate of drug-likeness (QED) is 0.439. The van der Waals surface area contributed by atoms with Crippen molar-refractivity contribution in [1.82, 2.24) is 9.88 Å². The Balaban J connectivity index is 1.32. The monoisotopic (exact) mass is 615 g/mol. The molecule has 3 aliphatic heterocycles. The van der Waals surface area contributed by atoms with Crippen LogP contribution in [-0.4, -0.2) is 65.8 Å². The Bertz CT molecular complexity index is 1470. The number of ether oxygens (including phenoxy) is 2. The van der Waals surface area contributed by atoms with Gasteiger partial charge in [0.15, 0.2) is 6.61 Å². The highest BCUT2D eigenvalue weighted by molar-refractivity contribution is 9.10. The van der Waals surface area contributed by atoms with Gasteiger partial charge in [-0.2, -0.15) is 0 Å². The van der Waals surface area contributed by atoms with E-state index in [9.17, 15) is 19.2 Å². The number of morpholine rings is 1. The topological polar surface area (TPSA) is 109 Å². The largest absolute Gasteiger partial charge is 0.484 e. The number of carbonyl (C=O) groups is 3. The first-order chi connectivity index (χ1) is 18.4. The van der Waals surface area contributed by atoms with E-state index in [0.29, 0.717) is 42.8 Å². The maximum absolute atomic E-state index is 13.8. The lowest BCUT2D eigenvalue weighted by Gasteiger charge is -2.30. The van der Waals surface area contributed by atoms with Gasteiger partial charge in [0, 0.05) is 28.4 Å². The van der Waals surface area contributed by atoms with Crippen molar-refractivity contribution in [3.05, 3.63) is 73.1 Å². The molecule has 1 aromatic heterocycles. The molecule has 2 aromatic carbocycles. The summed E-state index contributed by atoms with van der Waals surface area (Å²) >= 11 is 5.68. The van der Waals surface area contributed by atoms with Crippen LogP contribution in [0.1, 0.15) is 16.4 Å². The summed E-state index contributed by atoms with van der Waals surface area (Å²) < 4.78 is 12.0. The summed E-state index contributed by atoms with van der Waals surface area (Å²) in [4.78, 5) is 58.5. The Labute approximate surface area is 234 Å². The van der Waals surface area contributed by atoms with Crippen molar-refractivity contribution in [2.45, 2.75) is 16.2 Å². The second kappa shape index (κ2) is 10.3. The second-order valence-corrected chi connectivity index (χ2v) is 12.2. The fraction of sp³-hybridized carbons (Fsp3) is 0.308. The molecule has 6 rings (SSSR count). The first-order valence-corrected chi connectivity index (χ1v) is 14.5. The van der Waals surface area contributed by atoms with Crippen LogP contribution in [0.25, 0.3) is 0 Å². The summed E-state index contributed by atoms with van der Waals surface area (Å²) in [7, 11) is 0. The number of hydrogen-bond donors (Lipinski definition) is 1. The highest BCUT2D eigenvalue weighted by Crippen LogP contribution is 2.53. The maximum Gasteiger partial charge on any atom is 0.305 e. The van der Waals surface area contributed by atoms with Crippen molar-refractivity contribution in [2.75, 3.05) is 37.8 Å². The molecular formula is C26H22BrN3O6S2. The Morgan fingerprint density at radius 1 is 1.08 bits per heavy atom. The van der Waals surface area contributed by atoms with E-state index in [1.807, 2.05) is 6.07 Å². The molecule has 3 atom stereocenters. The summed E-state index contributed by atoms with van der Waals surface area (Å²) in [5.41, 5.74) is 1.25. The standard InChI is InChI=1S/C26H22BrN3O6S2/c27-15-4-6-16(7-5-15)30-24(32)20-19(21-23(28-26(34)38-21)37-22(20)25(30)33)14-2-1-3-17(12-14)36-13-18(31)29-8-10-35-11-9-29/h1-7,12,19-20,22H,8-11,13H2,(H,28,34).